The minimum Gasteiger partial charge on any atom is -0.380 e. The van der Waals surface area contributed by atoms with Crippen molar-refractivity contribution in [3.63, 3.8) is 0 Å². The predicted molar refractivity (Wildman–Crippen MR) is 71.0 cm³/mol. The molecule has 0 aromatic rings. The smallest absolute Gasteiger partial charge is 0.0698 e. The Hall–Kier alpha value is -0.120. The lowest BCUT2D eigenvalue weighted by molar-refractivity contribution is 0.00842. The van der Waals surface area contributed by atoms with E-state index in [-0.39, 0.29) is 0 Å². The third-order valence-electron chi connectivity index (χ3n) is 4.70. The zero-order valence-corrected chi connectivity index (χ0v) is 11.3. The van der Waals surface area contributed by atoms with Crippen molar-refractivity contribution in [3.8, 4) is 0 Å². The molecular formula is C14H28N2O. The summed E-state index contributed by atoms with van der Waals surface area (Å²) in [6.45, 7) is 4.41. The van der Waals surface area contributed by atoms with Crippen LogP contribution in [0.4, 0.5) is 0 Å². The lowest BCUT2D eigenvalue weighted by atomic mass is 9.73. The molecule has 1 saturated heterocycles. The first-order valence-corrected chi connectivity index (χ1v) is 7.23. The Bertz CT molecular complexity index is 226. The summed E-state index contributed by atoms with van der Waals surface area (Å²) in [5, 5.41) is 0. The van der Waals surface area contributed by atoms with Crippen LogP contribution in [-0.2, 0) is 4.74 Å². The SMILES string of the molecule is COC1CCCN(CC2(CN)CCCCC2)C1. The fraction of sp³-hybridized carbons (Fsp3) is 1.00. The Morgan fingerprint density at radius 3 is 2.65 bits per heavy atom. The van der Waals surface area contributed by atoms with Crippen molar-refractivity contribution in [2.45, 2.75) is 51.0 Å². The van der Waals surface area contributed by atoms with E-state index in [0.29, 0.717) is 11.5 Å². The van der Waals surface area contributed by atoms with E-state index < -0.39 is 0 Å². The molecule has 0 radical (unpaired) electrons. The number of methoxy groups -OCH3 is 1. The van der Waals surface area contributed by atoms with E-state index in [1.807, 2.05) is 7.11 Å². The van der Waals surface area contributed by atoms with Crippen LogP contribution in [0.1, 0.15) is 44.9 Å². The van der Waals surface area contributed by atoms with Gasteiger partial charge in [0, 0.05) is 20.2 Å². The van der Waals surface area contributed by atoms with Crippen LogP contribution in [-0.4, -0.2) is 44.3 Å². The third-order valence-corrected chi connectivity index (χ3v) is 4.70. The first kappa shape index (κ1) is 13.3. The molecule has 17 heavy (non-hydrogen) atoms. The Labute approximate surface area is 106 Å². The molecule has 1 unspecified atom stereocenters. The molecule has 1 aliphatic carbocycles. The van der Waals surface area contributed by atoms with Gasteiger partial charge < -0.3 is 15.4 Å². The molecule has 100 valence electrons. The molecule has 1 saturated carbocycles. The summed E-state index contributed by atoms with van der Waals surface area (Å²) in [4.78, 5) is 2.59. The van der Waals surface area contributed by atoms with Gasteiger partial charge in [0.15, 0.2) is 0 Å². The van der Waals surface area contributed by atoms with Crippen molar-refractivity contribution in [2.24, 2.45) is 11.1 Å². The molecule has 2 aliphatic rings. The summed E-state index contributed by atoms with van der Waals surface area (Å²) in [6.07, 6.45) is 9.76. The highest BCUT2D eigenvalue weighted by molar-refractivity contribution is 4.88. The van der Waals surface area contributed by atoms with Gasteiger partial charge in [0.25, 0.3) is 0 Å². The molecule has 0 bridgehead atoms. The second-order valence-electron chi connectivity index (χ2n) is 6.00. The highest BCUT2D eigenvalue weighted by Crippen LogP contribution is 2.36. The van der Waals surface area contributed by atoms with E-state index >= 15 is 0 Å². The second kappa shape index (κ2) is 6.17. The summed E-state index contributed by atoms with van der Waals surface area (Å²) in [5.74, 6) is 0. The van der Waals surface area contributed by atoms with Gasteiger partial charge in [0.2, 0.25) is 0 Å². The largest absolute Gasteiger partial charge is 0.380 e. The molecule has 2 rings (SSSR count). The summed E-state index contributed by atoms with van der Waals surface area (Å²) >= 11 is 0. The minimum atomic E-state index is 0.411. The fourth-order valence-electron chi connectivity index (χ4n) is 3.55. The number of ether oxygens (including phenoxy) is 1. The molecule has 0 amide bonds. The Balaban J connectivity index is 1.88. The van der Waals surface area contributed by atoms with Crippen LogP contribution in [0.15, 0.2) is 0 Å². The molecule has 2 N–H and O–H groups in total. The molecular weight excluding hydrogens is 212 g/mol. The van der Waals surface area contributed by atoms with Crippen molar-refractivity contribution < 1.29 is 4.74 Å². The molecule has 0 aromatic carbocycles. The summed E-state index contributed by atoms with van der Waals surface area (Å²) in [7, 11) is 1.84. The first-order valence-electron chi connectivity index (χ1n) is 7.23. The maximum absolute atomic E-state index is 6.06. The molecule has 1 aliphatic heterocycles. The van der Waals surface area contributed by atoms with Crippen molar-refractivity contribution in [1.29, 1.82) is 0 Å². The monoisotopic (exact) mass is 240 g/mol. The van der Waals surface area contributed by atoms with Crippen LogP contribution in [0.25, 0.3) is 0 Å². The second-order valence-corrected chi connectivity index (χ2v) is 6.00. The van der Waals surface area contributed by atoms with Crippen LogP contribution in [0.3, 0.4) is 0 Å². The highest BCUT2D eigenvalue weighted by Gasteiger charge is 2.33. The van der Waals surface area contributed by atoms with E-state index in [0.717, 1.165) is 13.1 Å². The molecule has 0 spiro atoms. The zero-order valence-electron chi connectivity index (χ0n) is 11.3. The lowest BCUT2D eigenvalue weighted by Gasteiger charge is -2.42. The predicted octanol–water partition coefficient (Wildman–Crippen LogP) is 2.01. The number of hydrogen-bond donors (Lipinski definition) is 1. The van der Waals surface area contributed by atoms with Gasteiger partial charge >= 0.3 is 0 Å². The average molecular weight is 240 g/mol. The van der Waals surface area contributed by atoms with Gasteiger partial charge in [-0.3, -0.25) is 0 Å². The summed E-state index contributed by atoms with van der Waals surface area (Å²) < 4.78 is 5.50. The number of rotatable bonds is 4. The van der Waals surface area contributed by atoms with Gasteiger partial charge in [0.05, 0.1) is 6.10 Å². The van der Waals surface area contributed by atoms with Gasteiger partial charge in [-0.15, -0.1) is 0 Å². The maximum Gasteiger partial charge on any atom is 0.0698 e. The maximum atomic E-state index is 6.06. The minimum absolute atomic E-state index is 0.411. The summed E-state index contributed by atoms with van der Waals surface area (Å²) in [6, 6.07) is 0. The van der Waals surface area contributed by atoms with Crippen molar-refractivity contribution >= 4 is 0 Å². The van der Waals surface area contributed by atoms with Gasteiger partial charge in [0.1, 0.15) is 0 Å². The standard InChI is InChI=1S/C14H28N2O/c1-17-13-6-5-9-16(10-13)12-14(11-15)7-3-2-4-8-14/h13H,2-12,15H2,1H3. The van der Waals surface area contributed by atoms with Crippen LogP contribution >= 0.6 is 0 Å². The van der Waals surface area contributed by atoms with Gasteiger partial charge in [-0.05, 0) is 44.2 Å². The zero-order chi connectivity index (χ0) is 12.1. The molecule has 3 nitrogen and oxygen atoms in total. The fourth-order valence-corrected chi connectivity index (χ4v) is 3.55. The third kappa shape index (κ3) is 3.43. The number of likely N-dealkylation sites (tertiary alicyclic amines) is 1. The molecule has 1 atom stereocenters. The van der Waals surface area contributed by atoms with Gasteiger partial charge in [-0.1, -0.05) is 19.3 Å². The quantitative estimate of drug-likeness (QED) is 0.817. The Kier molecular flexibility index (Phi) is 4.83. The number of piperidine rings is 1. The van der Waals surface area contributed by atoms with Gasteiger partial charge in [-0.25, -0.2) is 0 Å². The topological polar surface area (TPSA) is 38.5 Å². The number of nitrogens with two attached hydrogens (primary N) is 1. The highest BCUT2D eigenvalue weighted by atomic mass is 16.5. The van der Waals surface area contributed by atoms with E-state index in [2.05, 4.69) is 4.90 Å². The van der Waals surface area contributed by atoms with Crippen LogP contribution in [0.2, 0.25) is 0 Å². The van der Waals surface area contributed by atoms with Gasteiger partial charge in [-0.2, -0.15) is 0 Å². The van der Waals surface area contributed by atoms with E-state index in [9.17, 15) is 0 Å². The van der Waals surface area contributed by atoms with E-state index in [1.165, 1.54) is 58.0 Å². The van der Waals surface area contributed by atoms with Crippen molar-refractivity contribution in [3.05, 3.63) is 0 Å². The van der Waals surface area contributed by atoms with Crippen LogP contribution in [0.5, 0.6) is 0 Å². The summed E-state index contributed by atoms with van der Waals surface area (Å²) in [5.41, 5.74) is 6.48. The first-order chi connectivity index (χ1) is 8.28. The normalized spacial score (nSPS) is 30.4. The molecule has 3 heteroatoms. The van der Waals surface area contributed by atoms with Crippen molar-refractivity contribution in [2.75, 3.05) is 33.3 Å². The Morgan fingerprint density at radius 1 is 1.24 bits per heavy atom. The number of nitrogens with zero attached hydrogens (tertiary/aromatic N) is 1. The van der Waals surface area contributed by atoms with E-state index in [4.69, 9.17) is 10.5 Å². The van der Waals surface area contributed by atoms with Crippen molar-refractivity contribution in [1.82, 2.24) is 4.90 Å². The average Bonchev–Trinajstić information content (AvgIpc) is 2.40. The molecule has 1 heterocycles. The molecule has 2 fully saturated rings. The Morgan fingerprint density at radius 2 is 2.00 bits per heavy atom. The van der Waals surface area contributed by atoms with Crippen LogP contribution in [0, 0.1) is 5.41 Å². The lowest BCUT2D eigenvalue weighted by Crippen LogP contribution is -2.48. The van der Waals surface area contributed by atoms with E-state index in [1.54, 1.807) is 0 Å². The van der Waals surface area contributed by atoms with Crippen LogP contribution < -0.4 is 5.73 Å². The molecule has 0 aromatic heterocycles. The number of hydrogen-bond acceptors (Lipinski definition) is 3.